The van der Waals surface area contributed by atoms with Gasteiger partial charge in [-0.05, 0) is 37.1 Å². The second-order valence-corrected chi connectivity index (χ2v) is 7.60. The molecule has 2 aromatic rings. The van der Waals surface area contributed by atoms with Crippen molar-refractivity contribution in [2.75, 3.05) is 23.7 Å². The van der Waals surface area contributed by atoms with E-state index in [2.05, 4.69) is 5.32 Å². The fourth-order valence-corrected chi connectivity index (χ4v) is 3.65. The standard InChI is InChI=1S/C18H22N2O3S/c1-14-8-7-9-15(2)17(14)20(24(3,22)23)13-12-19-18(21)16-10-5-4-6-11-16/h4-11H,12-13H2,1-3H3,(H,19,21). The molecule has 0 fully saturated rings. The highest BCUT2D eigenvalue weighted by Crippen LogP contribution is 2.26. The van der Waals surface area contributed by atoms with Crippen LogP contribution in [0.1, 0.15) is 21.5 Å². The number of hydrogen-bond donors (Lipinski definition) is 1. The maximum atomic E-state index is 12.2. The monoisotopic (exact) mass is 346 g/mol. The first-order valence-electron chi connectivity index (χ1n) is 7.68. The number of benzene rings is 2. The molecule has 0 saturated heterocycles. The molecular formula is C18H22N2O3S. The van der Waals surface area contributed by atoms with Gasteiger partial charge < -0.3 is 5.32 Å². The molecule has 1 amide bonds. The number of nitrogens with zero attached hydrogens (tertiary/aromatic N) is 1. The number of para-hydroxylation sites is 1. The molecule has 0 atom stereocenters. The first kappa shape index (κ1) is 18.0. The molecule has 2 rings (SSSR count). The lowest BCUT2D eigenvalue weighted by Crippen LogP contribution is -2.38. The fourth-order valence-electron chi connectivity index (χ4n) is 2.61. The summed E-state index contributed by atoms with van der Waals surface area (Å²) in [5.74, 6) is -0.217. The molecule has 24 heavy (non-hydrogen) atoms. The van der Waals surface area contributed by atoms with Gasteiger partial charge in [0.2, 0.25) is 10.0 Å². The van der Waals surface area contributed by atoms with Crippen molar-refractivity contribution in [3.05, 3.63) is 65.2 Å². The minimum atomic E-state index is -3.44. The summed E-state index contributed by atoms with van der Waals surface area (Å²) in [6.07, 6.45) is 1.18. The van der Waals surface area contributed by atoms with Gasteiger partial charge in [-0.25, -0.2) is 8.42 Å². The van der Waals surface area contributed by atoms with Gasteiger partial charge in [0, 0.05) is 12.1 Å². The third kappa shape index (κ3) is 4.35. The Morgan fingerprint density at radius 3 is 2.12 bits per heavy atom. The van der Waals surface area contributed by atoms with Crippen molar-refractivity contribution in [2.45, 2.75) is 13.8 Å². The highest BCUT2D eigenvalue weighted by atomic mass is 32.2. The molecule has 0 saturated carbocycles. The quantitative estimate of drug-likeness (QED) is 0.874. The smallest absolute Gasteiger partial charge is 0.251 e. The Kier molecular flexibility index (Phi) is 5.62. The number of amides is 1. The summed E-state index contributed by atoms with van der Waals surface area (Å²) in [4.78, 5) is 12.1. The maximum absolute atomic E-state index is 12.2. The van der Waals surface area contributed by atoms with E-state index in [1.165, 1.54) is 10.6 Å². The Hall–Kier alpha value is -2.34. The molecule has 6 heteroatoms. The molecule has 0 aromatic heterocycles. The van der Waals surface area contributed by atoms with E-state index in [0.717, 1.165) is 11.1 Å². The van der Waals surface area contributed by atoms with Crippen LogP contribution in [-0.2, 0) is 10.0 Å². The highest BCUT2D eigenvalue weighted by Gasteiger charge is 2.20. The summed E-state index contributed by atoms with van der Waals surface area (Å²) in [6, 6.07) is 14.5. The normalized spacial score (nSPS) is 11.1. The summed E-state index contributed by atoms with van der Waals surface area (Å²) >= 11 is 0. The Balaban J connectivity index is 2.13. The third-order valence-corrected chi connectivity index (χ3v) is 4.89. The van der Waals surface area contributed by atoms with Crippen LogP contribution >= 0.6 is 0 Å². The van der Waals surface area contributed by atoms with E-state index in [9.17, 15) is 13.2 Å². The average molecular weight is 346 g/mol. The van der Waals surface area contributed by atoms with Gasteiger partial charge in [-0.15, -0.1) is 0 Å². The molecular weight excluding hydrogens is 324 g/mol. The average Bonchev–Trinajstić information content (AvgIpc) is 2.52. The number of carbonyl (C=O) groups is 1. The zero-order valence-electron chi connectivity index (χ0n) is 14.1. The second-order valence-electron chi connectivity index (χ2n) is 5.70. The molecule has 0 unspecified atom stereocenters. The van der Waals surface area contributed by atoms with E-state index in [-0.39, 0.29) is 19.0 Å². The zero-order chi connectivity index (χ0) is 17.7. The van der Waals surface area contributed by atoms with E-state index >= 15 is 0 Å². The fraction of sp³-hybridized carbons (Fsp3) is 0.278. The van der Waals surface area contributed by atoms with E-state index < -0.39 is 10.0 Å². The van der Waals surface area contributed by atoms with Crippen molar-refractivity contribution in [1.29, 1.82) is 0 Å². The number of rotatable bonds is 6. The van der Waals surface area contributed by atoms with Gasteiger partial charge in [0.15, 0.2) is 0 Å². The summed E-state index contributed by atoms with van der Waals surface area (Å²) in [5, 5.41) is 2.77. The van der Waals surface area contributed by atoms with Gasteiger partial charge in [-0.2, -0.15) is 0 Å². The van der Waals surface area contributed by atoms with Crippen molar-refractivity contribution in [2.24, 2.45) is 0 Å². The van der Waals surface area contributed by atoms with Gasteiger partial charge in [0.25, 0.3) is 5.91 Å². The minimum absolute atomic E-state index is 0.184. The minimum Gasteiger partial charge on any atom is -0.350 e. The molecule has 0 aliphatic carbocycles. The Bertz CT molecular complexity index is 797. The maximum Gasteiger partial charge on any atom is 0.251 e. The van der Waals surface area contributed by atoms with Crippen molar-refractivity contribution < 1.29 is 13.2 Å². The topological polar surface area (TPSA) is 66.5 Å². The first-order chi connectivity index (χ1) is 11.3. The van der Waals surface area contributed by atoms with Crippen LogP contribution in [-0.4, -0.2) is 33.7 Å². The molecule has 1 N–H and O–H groups in total. The van der Waals surface area contributed by atoms with E-state index in [0.29, 0.717) is 11.3 Å². The van der Waals surface area contributed by atoms with Crippen LogP contribution in [0.25, 0.3) is 0 Å². The number of sulfonamides is 1. The van der Waals surface area contributed by atoms with Crippen LogP contribution in [0.5, 0.6) is 0 Å². The highest BCUT2D eigenvalue weighted by molar-refractivity contribution is 7.92. The van der Waals surface area contributed by atoms with Crippen LogP contribution in [0.2, 0.25) is 0 Å². The summed E-state index contributed by atoms with van der Waals surface area (Å²) in [7, 11) is -3.44. The summed E-state index contributed by atoms with van der Waals surface area (Å²) in [5.41, 5.74) is 2.99. The molecule has 0 heterocycles. The number of carbonyl (C=O) groups excluding carboxylic acids is 1. The molecule has 2 aromatic carbocycles. The number of aryl methyl sites for hydroxylation is 2. The molecule has 0 spiro atoms. The van der Waals surface area contributed by atoms with Crippen molar-refractivity contribution in [1.82, 2.24) is 5.32 Å². The van der Waals surface area contributed by atoms with Crippen LogP contribution in [0.15, 0.2) is 48.5 Å². The Labute approximate surface area is 143 Å². The third-order valence-electron chi connectivity index (χ3n) is 3.73. The number of hydrogen-bond acceptors (Lipinski definition) is 3. The van der Waals surface area contributed by atoms with Crippen molar-refractivity contribution in [3.8, 4) is 0 Å². The van der Waals surface area contributed by atoms with Crippen LogP contribution in [0, 0.1) is 13.8 Å². The molecule has 128 valence electrons. The van der Waals surface area contributed by atoms with Crippen molar-refractivity contribution in [3.63, 3.8) is 0 Å². The molecule has 0 aliphatic rings. The SMILES string of the molecule is Cc1cccc(C)c1N(CCNC(=O)c1ccccc1)S(C)(=O)=O. The van der Waals surface area contributed by atoms with Crippen LogP contribution in [0.4, 0.5) is 5.69 Å². The predicted molar refractivity (Wildman–Crippen MR) is 96.9 cm³/mol. The van der Waals surface area contributed by atoms with Crippen molar-refractivity contribution >= 4 is 21.6 Å². The van der Waals surface area contributed by atoms with Gasteiger partial charge in [0.1, 0.15) is 0 Å². The van der Waals surface area contributed by atoms with Crippen LogP contribution < -0.4 is 9.62 Å². The molecule has 0 aliphatic heterocycles. The van der Waals surface area contributed by atoms with E-state index in [4.69, 9.17) is 0 Å². The lowest BCUT2D eigenvalue weighted by molar-refractivity contribution is 0.0955. The lowest BCUT2D eigenvalue weighted by atomic mass is 10.1. The number of anilines is 1. The summed E-state index contributed by atoms with van der Waals surface area (Å²) in [6.45, 7) is 4.17. The second kappa shape index (κ2) is 7.49. The largest absolute Gasteiger partial charge is 0.350 e. The summed E-state index contributed by atoms with van der Waals surface area (Å²) < 4.78 is 25.7. The van der Waals surface area contributed by atoms with Crippen LogP contribution in [0.3, 0.4) is 0 Å². The Morgan fingerprint density at radius 1 is 1.00 bits per heavy atom. The molecule has 5 nitrogen and oxygen atoms in total. The van der Waals surface area contributed by atoms with Gasteiger partial charge in [0.05, 0.1) is 18.5 Å². The van der Waals surface area contributed by atoms with Gasteiger partial charge >= 0.3 is 0 Å². The van der Waals surface area contributed by atoms with Gasteiger partial charge in [-0.1, -0.05) is 36.4 Å². The number of nitrogens with one attached hydrogen (secondary N) is 1. The van der Waals surface area contributed by atoms with Gasteiger partial charge in [-0.3, -0.25) is 9.10 Å². The molecule has 0 radical (unpaired) electrons. The van der Waals surface area contributed by atoms with E-state index in [1.807, 2.05) is 38.1 Å². The Morgan fingerprint density at radius 2 is 1.58 bits per heavy atom. The predicted octanol–water partition coefficient (Wildman–Crippen LogP) is 2.50. The zero-order valence-corrected chi connectivity index (χ0v) is 14.9. The lowest BCUT2D eigenvalue weighted by Gasteiger charge is -2.26. The molecule has 0 bridgehead atoms. The van der Waals surface area contributed by atoms with E-state index in [1.54, 1.807) is 24.3 Å². The first-order valence-corrected chi connectivity index (χ1v) is 9.52.